The van der Waals surface area contributed by atoms with Gasteiger partial charge in [0.15, 0.2) is 5.82 Å². The van der Waals surface area contributed by atoms with Crippen LogP contribution < -0.4 is 5.32 Å². The Morgan fingerprint density at radius 2 is 2.07 bits per heavy atom. The van der Waals surface area contributed by atoms with Crippen molar-refractivity contribution in [1.82, 2.24) is 14.8 Å². The smallest absolute Gasteiger partial charge is 0.151 e. The molecule has 0 aliphatic heterocycles. The zero-order valence-electron chi connectivity index (χ0n) is 8.31. The first-order valence-electron chi connectivity index (χ1n) is 4.58. The molecule has 0 aliphatic carbocycles. The van der Waals surface area contributed by atoms with E-state index in [1.165, 1.54) is 0 Å². The van der Waals surface area contributed by atoms with Gasteiger partial charge in [-0.2, -0.15) is 0 Å². The van der Waals surface area contributed by atoms with Gasteiger partial charge in [0.1, 0.15) is 6.33 Å². The summed E-state index contributed by atoms with van der Waals surface area (Å²) < 4.78 is 2.97. The fourth-order valence-corrected chi connectivity index (χ4v) is 1.48. The Morgan fingerprint density at radius 1 is 1.33 bits per heavy atom. The van der Waals surface area contributed by atoms with Crippen LogP contribution in [0.1, 0.15) is 5.82 Å². The van der Waals surface area contributed by atoms with Crippen molar-refractivity contribution in [3.05, 3.63) is 40.9 Å². The minimum atomic E-state index is 0.679. The Morgan fingerprint density at radius 3 is 2.67 bits per heavy atom. The van der Waals surface area contributed by atoms with E-state index in [2.05, 4.69) is 31.4 Å². The lowest BCUT2D eigenvalue weighted by molar-refractivity contribution is 0.812. The van der Waals surface area contributed by atoms with E-state index in [0.29, 0.717) is 6.54 Å². The molecule has 78 valence electrons. The molecule has 1 N–H and O–H groups in total. The first kappa shape index (κ1) is 10.2. The van der Waals surface area contributed by atoms with E-state index in [-0.39, 0.29) is 0 Å². The highest BCUT2D eigenvalue weighted by Crippen LogP contribution is 2.14. The van der Waals surface area contributed by atoms with E-state index >= 15 is 0 Å². The van der Waals surface area contributed by atoms with Crippen molar-refractivity contribution in [2.45, 2.75) is 6.54 Å². The average molecular weight is 267 g/mol. The molecule has 0 saturated heterocycles. The van der Waals surface area contributed by atoms with Crippen LogP contribution in [0.4, 0.5) is 5.69 Å². The Balaban J connectivity index is 1.99. The van der Waals surface area contributed by atoms with Crippen LogP contribution in [0.15, 0.2) is 35.1 Å². The number of benzene rings is 1. The molecule has 1 aromatic heterocycles. The predicted octanol–water partition coefficient (Wildman–Crippen LogP) is 2.19. The van der Waals surface area contributed by atoms with Crippen molar-refractivity contribution in [2.24, 2.45) is 7.05 Å². The van der Waals surface area contributed by atoms with E-state index in [4.69, 9.17) is 0 Å². The van der Waals surface area contributed by atoms with Crippen LogP contribution in [0.5, 0.6) is 0 Å². The van der Waals surface area contributed by atoms with Gasteiger partial charge in [0, 0.05) is 17.2 Å². The Labute approximate surface area is 96.5 Å². The summed E-state index contributed by atoms with van der Waals surface area (Å²) in [6, 6.07) is 8.03. The number of hydrogen-bond donors (Lipinski definition) is 1. The molecule has 0 spiro atoms. The molecule has 0 aliphatic rings. The van der Waals surface area contributed by atoms with Crippen molar-refractivity contribution in [3.63, 3.8) is 0 Å². The summed E-state index contributed by atoms with van der Waals surface area (Å²) >= 11 is 3.39. The highest BCUT2D eigenvalue weighted by molar-refractivity contribution is 9.10. The van der Waals surface area contributed by atoms with E-state index in [9.17, 15) is 0 Å². The molecule has 0 bridgehead atoms. The molecule has 2 aromatic rings. The number of aromatic nitrogens is 3. The number of anilines is 1. The normalized spacial score (nSPS) is 10.3. The highest BCUT2D eigenvalue weighted by Gasteiger charge is 1.99. The highest BCUT2D eigenvalue weighted by atomic mass is 79.9. The van der Waals surface area contributed by atoms with Gasteiger partial charge in [-0.25, -0.2) is 0 Å². The SMILES string of the molecule is Cn1cnnc1CNc1ccc(Br)cc1. The third kappa shape index (κ3) is 2.56. The lowest BCUT2D eigenvalue weighted by Gasteiger charge is -2.05. The van der Waals surface area contributed by atoms with E-state index in [1.807, 2.05) is 35.9 Å². The summed E-state index contributed by atoms with van der Waals surface area (Å²) in [5.74, 6) is 0.915. The third-order valence-electron chi connectivity index (χ3n) is 2.10. The second-order valence-corrected chi connectivity index (χ2v) is 4.13. The van der Waals surface area contributed by atoms with E-state index < -0.39 is 0 Å². The maximum atomic E-state index is 3.99. The van der Waals surface area contributed by atoms with Crippen LogP contribution >= 0.6 is 15.9 Å². The maximum Gasteiger partial charge on any atom is 0.151 e. The molecular formula is C10H11BrN4. The number of nitrogens with one attached hydrogen (secondary N) is 1. The first-order valence-corrected chi connectivity index (χ1v) is 5.37. The minimum Gasteiger partial charge on any atom is -0.378 e. The molecular weight excluding hydrogens is 256 g/mol. The summed E-state index contributed by atoms with van der Waals surface area (Å²) in [4.78, 5) is 0. The van der Waals surface area contributed by atoms with Gasteiger partial charge in [0.05, 0.1) is 6.54 Å². The standard InChI is InChI=1S/C10H11BrN4/c1-15-7-13-14-10(15)6-12-9-4-2-8(11)3-5-9/h2-5,7,12H,6H2,1H3. The van der Waals surface area contributed by atoms with E-state index in [1.54, 1.807) is 6.33 Å². The van der Waals surface area contributed by atoms with Crippen LogP contribution in [-0.4, -0.2) is 14.8 Å². The van der Waals surface area contributed by atoms with Gasteiger partial charge in [-0.05, 0) is 24.3 Å². The maximum absolute atomic E-state index is 3.99. The molecule has 5 heteroatoms. The topological polar surface area (TPSA) is 42.7 Å². The summed E-state index contributed by atoms with van der Waals surface area (Å²) in [6.45, 7) is 0.679. The Bertz CT molecular complexity index is 435. The van der Waals surface area contributed by atoms with Crippen LogP contribution in [-0.2, 0) is 13.6 Å². The fraction of sp³-hybridized carbons (Fsp3) is 0.200. The van der Waals surface area contributed by atoms with Crippen molar-refractivity contribution in [1.29, 1.82) is 0 Å². The average Bonchev–Trinajstić information content (AvgIpc) is 2.63. The second kappa shape index (κ2) is 4.44. The lowest BCUT2D eigenvalue weighted by Crippen LogP contribution is -2.05. The molecule has 0 amide bonds. The van der Waals surface area contributed by atoms with Gasteiger partial charge >= 0.3 is 0 Å². The quantitative estimate of drug-likeness (QED) is 0.926. The number of hydrogen-bond acceptors (Lipinski definition) is 3. The summed E-state index contributed by atoms with van der Waals surface area (Å²) in [7, 11) is 1.93. The lowest BCUT2D eigenvalue weighted by atomic mass is 10.3. The van der Waals surface area contributed by atoms with Gasteiger partial charge in [0.2, 0.25) is 0 Å². The molecule has 0 fully saturated rings. The zero-order valence-corrected chi connectivity index (χ0v) is 9.90. The van der Waals surface area contributed by atoms with Gasteiger partial charge in [-0.3, -0.25) is 0 Å². The van der Waals surface area contributed by atoms with Crippen molar-refractivity contribution in [3.8, 4) is 0 Å². The molecule has 0 radical (unpaired) electrons. The molecule has 15 heavy (non-hydrogen) atoms. The Hall–Kier alpha value is -1.36. The van der Waals surface area contributed by atoms with Crippen molar-refractivity contribution < 1.29 is 0 Å². The van der Waals surface area contributed by atoms with Gasteiger partial charge in [0.25, 0.3) is 0 Å². The van der Waals surface area contributed by atoms with E-state index in [0.717, 1.165) is 16.0 Å². The van der Waals surface area contributed by atoms with Crippen LogP contribution in [0, 0.1) is 0 Å². The van der Waals surface area contributed by atoms with Gasteiger partial charge in [-0.15, -0.1) is 10.2 Å². The summed E-state index contributed by atoms with van der Waals surface area (Å²) in [5, 5.41) is 11.1. The zero-order chi connectivity index (χ0) is 10.7. The number of nitrogens with zero attached hydrogens (tertiary/aromatic N) is 3. The van der Waals surface area contributed by atoms with Gasteiger partial charge in [-0.1, -0.05) is 15.9 Å². The van der Waals surface area contributed by atoms with Crippen LogP contribution in [0.25, 0.3) is 0 Å². The fourth-order valence-electron chi connectivity index (χ4n) is 1.22. The number of rotatable bonds is 3. The van der Waals surface area contributed by atoms with Crippen LogP contribution in [0.3, 0.4) is 0 Å². The molecule has 0 unspecified atom stereocenters. The number of halogens is 1. The monoisotopic (exact) mass is 266 g/mol. The number of aryl methyl sites for hydroxylation is 1. The van der Waals surface area contributed by atoms with Crippen molar-refractivity contribution in [2.75, 3.05) is 5.32 Å². The molecule has 0 atom stereocenters. The van der Waals surface area contributed by atoms with Crippen LogP contribution in [0.2, 0.25) is 0 Å². The second-order valence-electron chi connectivity index (χ2n) is 3.22. The first-order chi connectivity index (χ1) is 7.25. The Kier molecular flexibility index (Phi) is 3.01. The van der Waals surface area contributed by atoms with Crippen molar-refractivity contribution >= 4 is 21.6 Å². The molecule has 0 saturated carbocycles. The molecule has 4 nitrogen and oxygen atoms in total. The molecule has 1 heterocycles. The molecule has 1 aromatic carbocycles. The summed E-state index contributed by atoms with van der Waals surface area (Å²) in [6.07, 6.45) is 1.69. The minimum absolute atomic E-state index is 0.679. The molecule has 2 rings (SSSR count). The predicted molar refractivity (Wildman–Crippen MR) is 62.5 cm³/mol. The third-order valence-corrected chi connectivity index (χ3v) is 2.63. The van der Waals surface area contributed by atoms with Gasteiger partial charge < -0.3 is 9.88 Å². The summed E-state index contributed by atoms with van der Waals surface area (Å²) in [5.41, 5.74) is 1.07. The largest absolute Gasteiger partial charge is 0.378 e.